The van der Waals surface area contributed by atoms with Crippen molar-refractivity contribution in [2.45, 2.75) is 46.0 Å². The summed E-state index contributed by atoms with van der Waals surface area (Å²) in [4.78, 5) is 12.9. The van der Waals surface area contributed by atoms with Crippen molar-refractivity contribution in [1.29, 1.82) is 0 Å². The van der Waals surface area contributed by atoms with E-state index < -0.39 is 5.97 Å². The molecule has 0 heterocycles. The summed E-state index contributed by atoms with van der Waals surface area (Å²) in [6, 6.07) is 0. The number of unbranched alkanes of at least 4 members (excludes halogenated alkanes) is 3. The zero-order chi connectivity index (χ0) is 12.4. The van der Waals surface area contributed by atoms with Crippen molar-refractivity contribution < 1.29 is 9.90 Å². The molecule has 0 spiro atoms. The van der Waals surface area contributed by atoms with Gasteiger partial charge >= 0.3 is 5.97 Å². The third kappa shape index (κ3) is 7.46. The van der Waals surface area contributed by atoms with E-state index in [4.69, 9.17) is 5.11 Å². The molecule has 0 unspecified atom stereocenters. The molecule has 16 heavy (non-hydrogen) atoms. The van der Waals surface area contributed by atoms with E-state index in [2.05, 4.69) is 25.3 Å². The number of carboxylic acid groups (broad SMARTS) is 1. The molecule has 3 nitrogen and oxygen atoms in total. The Kier molecular flexibility index (Phi) is 8.91. The Hall–Kier alpha value is -0.830. The lowest BCUT2D eigenvalue weighted by atomic mass is 10.1. The van der Waals surface area contributed by atoms with Gasteiger partial charge in [0.15, 0.2) is 0 Å². The number of hydrogen-bond donors (Lipinski definition) is 1. The first-order chi connectivity index (χ1) is 7.61. The van der Waals surface area contributed by atoms with E-state index in [9.17, 15) is 4.79 Å². The van der Waals surface area contributed by atoms with Crippen LogP contribution in [0.5, 0.6) is 0 Å². The molecule has 1 N–H and O–H groups in total. The molecule has 0 rings (SSSR count). The van der Waals surface area contributed by atoms with Crippen molar-refractivity contribution in [3.05, 3.63) is 12.2 Å². The minimum absolute atomic E-state index is 0.337. The summed E-state index contributed by atoms with van der Waals surface area (Å²) < 4.78 is 0. The minimum atomic E-state index is -0.858. The zero-order valence-corrected chi connectivity index (χ0v) is 10.7. The molecule has 0 aromatic rings. The monoisotopic (exact) mass is 227 g/mol. The van der Waals surface area contributed by atoms with Crippen LogP contribution in [0.4, 0.5) is 0 Å². The maximum atomic E-state index is 10.5. The Labute approximate surface area is 99.1 Å². The van der Waals surface area contributed by atoms with E-state index in [1.807, 2.05) is 0 Å². The van der Waals surface area contributed by atoms with Crippen molar-refractivity contribution >= 4 is 5.97 Å². The van der Waals surface area contributed by atoms with Gasteiger partial charge in [0, 0.05) is 5.57 Å². The number of carboxylic acids is 1. The van der Waals surface area contributed by atoms with Gasteiger partial charge in [0.25, 0.3) is 0 Å². The van der Waals surface area contributed by atoms with Gasteiger partial charge in [-0.3, -0.25) is 0 Å². The Morgan fingerprint density at radius 3 is 2.19 bits per heavy atom. The van der Waals surface area contributed by atoms with Gasteiger partial charge in [-0.1, -0.05) is 33.3 Å². The summed E-state index contributed by atoms with van der Waals surface area (Å²) in [5.74, 6) is -0.858. The highest BCUT2D eigenvalue weighted by Gasteiger charge is 2.03. The molecule has 94 valence electrons. The molecule has 0 aliphatic rings. The van der Waals surface area contributed by atoms with Gasteiger partial charge in [-0.15, -0.1) is 0 Å². The van der Waals surface area contributed by atoms with E-state index in [0.29, 0.717) is 12.0 Å². The standard InChI is InChI=1S/C13H25NO2/c1-4-14(5-2)11-9-7-6-8-10-12(3)13(15)16/h3-11H2,1-2H3,(H,15,16). The first-order valence-electron chi connectivity index (χ1n) is 6.25. The molecule has 0 saturated heterocycles. The van der Waals surface area contributed by atoms with Crippen molar-refractivity contribution in [2.75, 3.05) is 19.6 Å². The largest absolute Gasteiger partial charge is 0.478 e. The minimum Gasteiger partial charge on any atom is -0.478 e. The zero-order valence-electron chi connectivity index (χ0n) is 10.7. The molecule has 0 aliphatic heterocycles. The highest BCUT2D eigenvalue weighted by atomic mass is 16.4. The van der Waals surface area contributed by atoms with Crippen LogP contribution in [-0.4, -0.2) is 35.6 Å². The Bertz CT molecular complexity index is 210. The molecular weight excluding hydrogens is 202 g/mol. The third-order valence-corrected chi connectivity index (χ3v) is 2.90. The second kappa shape index (κ2) is 9.40. The van der Waals surface area contributed by atoms with Crippen LogP contribution in [0, 0.1) is 0 Å². The lowest BCUT2D eigenvalue weighted by Gasteiger charge is -2.17. The Morgan fingerprint density at radius 1 is 1.12 bits per heavy atom. The van der Waals surface area contributed by atoms with Crippen LogP contribution in [0.1, 0.15) is 46.0 Å². The van der Waals surface area contributed by atoms with Crippen molar-refractivity contribution in [3.8, 4) is 0 Å². The van der Waals surface area contributed by atoms with Crippen LogP contribution in [-0.2, 0) is 4.79 Å². The highest BCUT2D eigenvalue weighted by molar-refractivity contribution is 5.85. The fourth-order valence-electron chi connectivity index (χ4n) is 1.67. The van der Waals surface area contributed by atoms with Gasteiger partial charge in [-0.25, -0.2) is 4.79 Å². The average molecular weight is 227 g/mol. The van der Waals surface area contributed by atoms with Crippen LogP contribution < -0.4 is 0 Å². The van der Waals surface area contributed by atoms with Gasteiger partial charge in [0.05, 0.1) is 0 Å². The fourth-order valence-corrected chi connectivity index (χ4v) is 1.67. The molecule has 0 aromatic carbocycles. The highest BCUT2D eigenvalue weighted by Crippen LogP contribution is 2.09. The summed E-state index contributed by atoms with van der Waals surface area (Å²) in [6.07, 6.45) is 5.07. The summed E-state index contributed by atoms with van der Waals surface area (Å²) >= 11 is 0. The smallest absolute Gasteiger partial charge is 0.330 e. The third-order valence-electron chi connectivity index (χ3n) is 2.90. The first-order valence-corrected chi connectivity index (χ1v) is 6.25. The second-order valence-corrected chi connectivity index (χ2v) is 4.10. The molecular formula is C13H25NO2. The molecule has 0 aromatic heterocycles. The maximum Gasteiger partial charge on any atom is 0.330 e. The maximum absolute atomic E-state index is 10.5. The predicted molar refractivity (Wildman–Crippen MR) is 67.6 cm³/mol. The molecule has 0 radical (unpaired) electrons. The molecule has 3 heteroatoms. The average Bonchev–Trinajstić information content (AvgIpc) is 2.27. The van der Waals surface area contributed by atoms with Gasteiger partial charge in [0.2, 0.25) is 0 Å². The summed E-state index contributed by atoms with van der Waals surface area (Å²) in [5, 5.41) is 8.62. The number of hydrogen-bond acceptors (Lipinski definition) is 2. The van der Waals surface area contributed by atoms with Crippen LogP contribution in [0.2, 0.25) is 0 Å². The normalized spacial score (nSPS) is 10.7. The molecule has 0 saturated carbocycles. The second-order valence-electron chi connectivity index (χ2n) is 4.10. The topological polar surface area (TPSA) is 40.5 Å². The lowest BCUT2D eigenvalue weighted by Crippen LogP contribution is -2.23. The van der Waals surface area contributed by atoms with E-state index in [-0.39, 0.29) is 0 Å². The first kappa shape index (κ1) is 15.2. The van der Waals surface area contributed by atoms with E-state index in [1.165, 1.54) is 12.8 Å². The van der Waals surface area contributed by atoms with Gasteiger partial charge < -0.3 is 10.0 Å². The SMILES string of the molecule is C=C(CCCCCCN(CC)CC)C(=O)O. The Morgan fingerprint density at radius 2 is 1.69 bits per heavy atom. The van der Waals surface area contributed by atoms with Crippen molar-refractivity contribution in [1.82, 2.24) is 4.90 Å². The fraction of sp³-hybridized carbons (Fsp3) is 0.769. The van der Waals surface area contributed by atoms with E-state index >= 15 is 0 Å². The molecule has 0 fully saturated rings. The number of carbonyl (C=O) groups is 1. The van der Waals surface area contributed by atoms with Crippen molar-refractivity contribution in [2.24, 2.45) is 0 Å². The number of rotatable bonds is 10. The molecule has 0 atom stereocenters. The number of aliphatic carboxylic acids is 1. The summed E-state index contributed by atoms with van der Waals surface area (Å²) in [7, 11) is 0. The van der Waals surface area contributed by atoms with Crippen LogP contribution >= 0.6 is 0 Å². The van der Waals surface area contributed by atoms with Gasteiger partial charge in [0.1, 0.15) is 0 Å². The lowest BCUT2D eigenvalue weighted by molar-refractivity contribution is -0.132. The summed E-state index contributed by atoms with van der Waals surface area (Å²) in [5.41, 5.74) is 0.337. The van der Waals surface area contributed by atoms with E-state index in [0.717, 1.165) is 32.5 Å². The van der Waals surface area contributed by atoms with Crippen molar-refractivity contribution in [3.63, 3.8) is 0 Å². The van der Waals surface area contributed by atoms with E-state index in [1.54, 1.807) is 0 Å². The quantitative estimate of drug-likeness (QED) is 0.461. The van der Waals surface area contributed by atoms with Gasteiger partial charge in [-0.2, -0.15) is 0 Å². The van der Waals surface area contributed by atoms with Crippen LogP contribution in [0.15, 0.2) is 12.2 Å². The molecule has 0 aliphatic carbocycles. The molecule has 0 amide bonds. The Balaban J connectivity index is 3.34. The summed E-state index contributed by atoms with van der Waals surface area (Å²) in [6.45, 7) is 11.3. The predicted octanol–water partition coefficient (Wildman–Crippen LogP) is 2.92. The molecule has 0 bridgehead atoms. The van der Waals surface area contributed by atoms with Gasteiger partial charge in [-0.05, 0) is 38.9 Å². The van der Waals surface area contributed by atoms with Crippen LogP contribution in [0.25, 0.3) is 0 Å². The number of nitrogens with zero attached hydrogens (tertiary/aromatic N) is 1. The van der Waals surface area contributed by atoms with Crippen LogP contribution in [0.3, 0.4) is 0 Å².